The lowest BCUT2D eigenvalue weighted by Crippen LogP contribution is -2.49. The highest BCUT2D eigenvalue weighted by atomic mass is 35.5. The molecular formula is C26H29Cl2F3N6. The van der Waals surface area contributed by atoms with E-state index >= 15 is 0 Å². The van der Waals surface area contributed by atoms with Crippen molar-refractivity contribution in [1.82, 2.24) is 29.8 Å². The third-order valence-corrected chi connectivity index (χ3v) is 7.24. The van der Waals surface area contributed by atoms with Crippen molar-refractivity contribution >= 4 is 41.4 Å². The first-order valence-electron chi connectivity index (χ1n) is 11.9. The minimum absolute atomic E-state index is 0. The van der Waals surface area contributed by atoms with Gasteiger partial charge in [0.25, 0.3) is 0 Å². The third-order valence-electron chi connectivity index (χ3n) is 7.24. The van der Waals surface area contributed by atoms with E-state index in [1.54, 1.807) is 15.4 Å². The number of likely N-dealkylation sites (tertiary alicyclic amines) is 1. The molecule has 3 aromatic heterocycles. The molecule has 0 saturated carbocycles. The van der Waals surface area contributed by atoms with Crippen molar-refractivity contribution in [3.63, 3.8) is 0 Å². The topological polar surface area (TPSA) is 58.4 Å². The first-order chi connectivity index (χ1) is 16.6. The zero-order valence-electron chi connectivity index (χ0n) is 20.7. The molecule has 11 heteroatoms. The van der Waals surface area contributed by atoms with Gasteiger partial charge in [0.1, 0.15) is 11.7 Å². The van der Waals surface area contributed by atoms with E-state index < -0.39 is 12.2 Å². The number of aromatic nitrogens is 4. The maximum absolute atomic E-state index is 14.3. The summed E-state index contributed by atoms with van der Waals surface area (Å²) < 4.78 is 44.7. The summed E-state index contributed by atoms with van der Waals surface area (Å²) in [6.45, 7) is 7.38. The van der Waals surface area contributed by atoms with Gasteiger partial charge in [-0.25, -0.2) is 4.98 Å². The molecule has 198 valence electrons. The predicted molar refractivity (Wildman–Crippen MR) is 143 cm³/mol. The van der Waals surface area contributed by atoms with E-state index in [9.17, 15) is 13.2 Å². The quantitative estimate of drug-likeness (QED) is 0.351. The Bertz CT molecular complexity index is 1430. The zero-order valence-corrected chi connectivity index (χ0v) is 22.3. The summed E-state index contributed by atoms with van der Waals surface area (Å²) in [5, 5.41) is 12.8. The first kappa shape index (κ1) is 27.6. The van der Waals surface area contributed by atoms with Gasteiger partial charge < -0.3 is 5.32 Å². The van der Waals surface area contributed by atoms with Gasteiger partial charge in [-0.2, -0.15) is 13.2 Å². The molecule has 0 unspecified atom stereocenters. The second kappa shape index (κ2) is 9.69. The first-order valence-corrected chi connectivity index (χ1v) is 11.9. The predicted octanol–water partition coefficient (Wildman–Crippen LogP) is 5.74. The van der Waals surface area contributed by atoms with Gasteiger partial charge in [0, 0.05) is 36.8 Å². The molecule has 2 aliphatic heterocycles. The van der Waals surface area contributed by atoms with Crippen LogP contribution in [0.3, 0.4) is 0 Å². The standard InChI is InChI=1S/C26H27F3N6.2ClH/c1-25(2,3)19-6-4-5-15-7-9-20(31-22(15)19)24-33-32-21-10-8-16(13-35(21)24)23(26(27,28)29)34-14-17-11-18(34)12-30-17;;/h4-10,13,17-18,23,30H,11-12,14H2,1-3H3;2*1H/t17-,18+,23+;;/m0../s1. The van der Waals surface area contributed by atoms with E-state index in [-0.39, 0.29) is 47.9 Å². The molecule has 2 saturated heterocycles. The van der Waals surface area contributed by atoms with E-state index in [2.05, 4.69) is 42.4 Å². The molecule has 1 N–H and O–H groups in total. The summed E-state index contributed by atoms with van der Waals surface area (Å²) in [4.78, 5) is 6.50. The second-order valence-corrected chi connectivity index (χ2v) is 10.7. The number of nitrogens with one attached hydrogen (secondary N) is 1. The molecular weight excluding hydrogens is 524 g/mol. The van der Waals surface area contributed by atoms with Gasteiger partial charge in [-0.05, 0) is 35.1 Å². The fraction of sp³-hybridized carbons (Fsp3) is 0.423. The van der Waals surface area contributed by atoms with Crippen LogP contribution in [-0.4, -0.2) is 55.8 Å². The van der Waals surface area contributed by atoms with Crippen molar-refractivity contribution in [3.05, 3.63) is 59.8 Å². The molecule has 1 aromatic carbocycles. The van der Waals surface area contributed by atoms with Crippen molar-refractivity contribution in [2.24, 2.45) is 0 Å². The molecule has 0 spiro atoms. The van der Waals surface area contributed by atoms with E-state index in [0.717, 1.165) is 22.9 Å². The third kappa shape index (κ3) is 4.78. The van der Waals surface area contributed by atoms with Gasteiger partial charge in [0.05, 0.1) is 5.52 Å². The normalized spacial score (nSPS) is 20.7. The molecule has 6 nitrogen and oxygen atoms in total. The van der Waals surface area contributed by atoms with Crippen LogP contribution in [0.25, 0.3) is 28.1 Å². The maximum atomic E-state index is 14.3. The Morgan fingerprint density at radius 2 is 1.78 bits per heavy atom. The fourth-order valence-electron chi connectivity index (χ4n) is 5.60. The number of benzene rings is 1. The van der Waals surface area contributed by atoms with Crippen LogP contribution in [-0.2, 0) is 5.41 Å². The highest BCUT2D eigenvalue weighted by molar-refractivity contribution is 5.86. The Balaban J connectivity index is 0.00000160. The van der Waals surface area contributed by atoms with Crippen LogP contribution in [0.15, 0.2) is 48.7 Å². The van der Waals surface area contributed by atoms with Gasteiger partial charge in [-0.15, -0.1) is 35.0 Å². The van der Waals surface area contributed by atoms with Crippen LogP contribution >= 0.6 is 24.8 Å². The Kier molecular flexibility index (Phi) is 7.22. The van der Waals surface area contributed by atoms with Crippen LogP contribution < -0.4 is 5.32 Å². The van der Waals surface area contributed by atoms with Gasteiger partial charge in [0.2, 0.25) is 0 Å². The highest BCUT2D eigenvalue weighted by Crippen LogP contribution is 2.43. The number of rotatable bonds is 3. The lowest BCUT2D eigenvalue weighted by atomic mass is 9.85. The van der Waals surface area contributed by atoms with E-state index in [4.69, 9.17) is 4.98 Å². The Morgan fingerprint density at radius 3 is 2.43 bits per heavy atom. The van der Waals surface area contributed by atoms with Gasteiger partial charge in [0.15, 0.2) is 11.5 Å². The number of halogens is 5. The van der Waals surface area contributed by atoms with Gasteiger partial charge in [-0.3, -0.25) is 9.30 Å². The van der Waals surface area contributed by atoms with E-state index in [0.29, 0.717) is 30.3 Å². The monoisotopic (exact) mass is 552 g/mol. The fourth-order valence-corrected chi connectivity index (χ4v) is 5.60. The molecule has 6 rings (SSSR count). The number of hydrogen-bond donors (Lipinski definition) is 1. The molecule has 37 heavy (non-hydrogen) atoms. The van der Waals surface area contributed by atoms with Gasteiger partial charge >= 0.3 is 6.18 Å². The smallest absolute Gasteiger partial charge is 0.311 e. The largest absolute Gasteiger partial charge is 0.408 e. The van der Waals surface area contributed by atoms with Crippen LogP contribution in [0.4, 0.5) is 13.2 Å². The average molecular weight is 553 g/mol. The summed E-state index contributed by atoms with van der Waals surface area (Å²) in [5.74, 6) is 0.429. The van der Waals surface area contributed by atoms with Crippen molar-refractivity contribution in [1.29, 1.82) is 0 Å². The summed E-state index contributed by atoms with van der Waals surface area (Å²) in [5.41, 5.74) is 3.09. The Morgan fingerprint density at radius 1 is 1.00 bits per heavy atom. The molecule has 4 aromatic rings. The number of alkyl halides is 3. The number of fused-ring (bicyclic) bond motifs is 4. The molecule has 2 bridgehead atoms. The second-order valence-electron chi connectivity index (χ2n) is 10.7. The van der Waals surface area contributed by atoms with E-state index in [1.807, 2.05) is 24.3 Å². The molecule has 2 aliphatic rings. The minimum atomic E-state index is -4.39. The molecule has 2 fully saturated rings. The number of hydrogen-bond acceptors (Lipinski definition) is 5. The summed E-state index contributed by atoms with van der Waals surface area (Å²) in [6.07, 6.45) is -2.11. The van der Waals surface area contributed by atoms with Crippen molar-refractivity contribution in [3.8, 4) is 11.5 Å². The number of nitrogens with zero attached hydrogens (tertiary/aromatic N) is 5. The van der Waals surface area contributed by atoms with Crippen molar-refractivity contribution in [2.75, 3.05) is 13.1 Å². The number of piperazine rings is 1. The number of pyridine rings is 2. The minimum Gasteiger partial charge on any atom is -0.311 e. The molecule has 0 amide bonds. The van der Waals surface area contributed by atoms with Crippen LogP contribution in [0.1, 0.15) is 44.4 Å². The highest BCUT2D eigenvalue weighted by Gasteiger charge is 2.51. The lowest BCUT2D eigenvalue weighted by molar-refractivity contribution is -0.190. The molecule has 3 atom stereocenters. The van der Waals surface area contributed by atoms with Crippen LogP contribution in [0.2, 0.25) is 0 Å². The summed E-state index contributed by atoms with van der Waals surface area (Å²) in [6, 6.07) is 11.4. The van der Waals surface area contributed by atoms with Crippen molar-refractivity contribution in [2.45, 2.75) is 56.9 Å². The lowest BCUT2D eigenvalue weighted by Gasteiger charge is -2.36. The van der Waals surface area contributed by atoms with Gasteiger partial charge in [-0.1, -0.05) is 51.1 Å². The maximum Gasteiger partial charge on any atom is 0.408 e. The zero-order chi connectivity index (χ0) is 24.5. The Labute approximate surface area is 225 Å². The molecule has 0 radical (unpaired) electrons. The average Bonchev–Trinajstić information content (AvgIpc) is 3.52. The Hall–Kier alpha value is -2.46. The van der Waals surface area contributed by atoms with Crippen LogP contribution in [0, 0.1) is 0 Å². The van der Waals surface area contributed by atoms with Crippen LogP contribution in [0.5, 0.6) is 0 Å². The summed E-state index contributed by atoms with van der Waals surface area (Å²) in [7, 11) is 0. The van der Waals surface area contributed by atoms with E-state index in [1.165, 1.54) is 12.3 Å². The van der Waals surface area contributed by atoms with Crippen molar-refractivity contribution < 1.29 is 13.2 Å². The molecule has 5 heterocycles. The summed E-state index contributed by atoms with van der Waals surface area (Å²) >= 11 is 0. The SMILES string of the molecule is CC(C)(C)c1cccc2ccc(-c3nnc4ccc([C@@H](N5C[C@@H]6C[C@@H]5CN6)C(F)(F)F)cn34)nc12.Cl.Cl. The molecule has 0 aliphatic carbocycles. The number of para-hydroxylation sites is 1.